The van der Waals surface area contributed by atoms with Gasteiger partial charge in [0.15, 0.2) is 0 Å². The number of piperazine rings is 1. The number of fused-ring (bicyclic) bond motifs is 1. The van der Waals surface area contributed by atoms with Gasteiger partial charge in [-0.25, -0.2) is 4.98 Å². The molecule has 6 heteroatoms. The van der Waals surface area contributed by atoms with Crippen LogP contribution in [0.1, 0.15) is 25.1 Å². The topological polar surface area (TPSA) is 45.6 Å². The van der Waals surface area contributed by atoms with Crippen molar-refractivity contribution in [1.82, 2.24) is 24.7 Å². The van der Waals surface area contributed by atoms with Crippen molar-refractivity contribution in [2.75, 3.05) is 59.0 Å². The van der Waals surface area contributed by atoms with Gasteiger partial charge in [0.25, 0.3) is 0 Å². The molecule has 162 valence electrons. The number of hydrogen-bond donors (Lipinski definition) is 1. The number of rotatable bonds is 7. The molecule has 3 aliphatic rings. The summed E-state index contributed by atoms with van der Waals surface area (Å²) in [6.07, 6.45) is 6.98. The number of ether oxygens (including phenoxy) is 1. The third-order valence-corrected chi connectivity index (χ3v) is 6.98. The van der Waals surface area contributed by atoms with Crippen LogP contribution in [0.5, 0.6) is 5.75 Å². The molecule has 4 heterocycles. The molecule has 1 N–H and O–H groups in total. The van der Waals surface area contributed by atoms with E-state index in [1.165, 1.54) is 69.1 Å². The van der Waals surface area contributed by atoms with Gasteiger partial charge in [0, 0.05) is 57.8 Å². The van der Waals surface area contributed by atoms with Crippen molar-refractivity contribution in [1.29, 1.82) is 0 Å². The molecule has 1 aromatic heterocycles. The molecule has 5 rings (SSSR count). The Labute approximate surface area is 180 Å². The Hall–Kier alpha value is -1.89. The molecule has 0 aliphatic carbocycles. The largest absolute Gasteiger partial charge is 0.492 e. The standard InChI is InChI=1S/C24H35N5O/c1-2-24-26-18-23(29(24)11-1)21-3-5-22(6-4-21)30-17-16-27-12-7-20(8-13-27)19-28-14-9-25-10-15-28/h3-6,18,20,25H,1-2,7-17,19H2. The maximum absolute atomic E-state index is 6.04. The molecule has 0 bridgehead atoms. The number of benzene rings is 1. The average molecular weight is 410 g/mol. The maximum Gasteiger partial charge on any atom is 0.119 e. The van der Waals surface area contributed by atoms with E-state index in [4.69, 9.17) is 4.74 Å². The molecule has 0 saturated carbocycles. The van der Waals surface area contributed by atoms with Crippen molar-refractivity contribution in [3.05, 3.63) is 36.3 Å². The lowest BCUT2D eigenvalue weighted by atomic mass is 9.96. The molecule has 0 spiro atoms. The van der Waals surface area contributed by atoms with Crippen molar-refractivity contribution in [3.63, 3.8) is 0 Å². The highest BCUT2D eigenvalue weighted by molar-refractivity contribution is 5.60. The minimum absolute atomic E-state index is 0.768. The lowest BCUT2D eigenvalue weighted by Crippen LogP contribution is -2.47. The second-order valence-electron chi connectivity index (χ2n) is 9.02. The summed E-state index contributed by atoms with van der Waals surface area (Å²) in [5, 5.41) is 3.45. The zero-order valence-corrected chi connectivity index (χ0v) is 18.1. The van der Waals surface area contributed by atoms with Crippen molar-refractivity contribution in [2.45, 2.75) is 32.2 Å². The first-order valence-corrected chi connectivity index (χ1v) is 11.8. The number of nitrogens with zero attached hydrogens (tertiary/aromatic N) is 4. The fourth-order valence-electron chi connectivity index (χ4n) is 5.15. The molecule has 2 saturated heterocycles. The third-order valence-electron chi connectivity index (χ3n) is 6.98. The van der Waals surface area contributed by atoms with Crippen LogP contribution in [0.15, 0.2) is 30.5 Å². The third kappa shape index (κ3) is 4.71. The lowest BCUT2D eigenvalue weighted by molar-refractivity contribution is 0.123. The average Bonchev–Trinajstić information content (AvgIpc) is 3.41. The smallest absolute Gasteiger partial charge is 0.119 e. The summed E-state index contributed by atoms with van der Waals surface area (Å²) in [4.78, 5) is 9.76. The van der Waals surface area contributed by atoms with Gasteiger partial charge in [-0.05, 0) is 62.5 Å². The van der Waals surface area contributed by atoms with E-state index in [0.29, 0.717) is 0 Å². The first-order chi connectivity index (χ1) is 14.8. The van der Waals surface area contributed by atoms with E-state index in [1.807, 2.05) is 6.20 Å². The summed E-state index contributed by atoms with van der Waals surface area (Å²) in [5.74, 6) is 3.06. The summed E-state index contributed by atoms with van der Waals surface area (Å²) in [5.41, 5.74) is 2.47. The van der Waals surface area contributed by atoms with Crippen LogP contribution >= 0.6 is 0 Å². The summed E-state index contributed by atoms with van der Waals surface area (Å²) in [6, 6.07) is 8.53. The molecule has 2 fully saturated rings. The molecule has 1 aromatic carbocycles. The highest BCUT2D eigenvalue weighted by atomic mass is 16.5. The van der Waals surface area contributed by atoms with Gasteiger partial charge in [0.2, 0.25) is 0 Å². The first-order valence-electron chi connectivity index (χ1n) is 11.8. The highest BCUT2D eigenvalue weighted by Gasteiger charge is 2.22. The monoisotopic (exact) mass is 409 g/mol. The highest BCUT2D eigenvalue weighted by Crippen LogP contribution is 2.27. The van der Waals surface area contributed by atoms with Gasteiger partial charge in [0.05, 0.1) is 11.9 Å². The zero-order valence-electron chi connectivity index (χ0n) is 18.1. The van der Waals surface area contributed by atoms with Crippen molar-refractivity contribution < 1.29 is 4.74 Å². The molecule has 2 aromatic rings. The van der Waals surface area contributed by atoms with Crippen molar-refractivity contribution in [2.24, 2.45) is 5.92 Å². The first kappa shape index (κ1) is 20.0. The molecule has 6 nitrogen and oxygen atoms in total. The minimum atomic E-state index is 0.768. The predicted octanol–water partition coefficient (Wildman–Crippen LogP) is 2.49. The zero-order chi connectivity index (χ0) is 20.2. The fourth-order valence-corrected chi connectivity index (χ4v) is 5.15. The van der Waals surface area contributed by atoms with Gasteiger partial charge in [-0.2, -0.15) is 0 Å². The van der Waals surface area contributed by atoms with Crippen LogP contribution in [-0.2, 0) is 13.0 Å². The Bertz CT molecular complexity index is 804. The number of likely N-dealkylation sites (tertiary alicyclic amines) is 1. The number of aryl methyl sites for hydroxylation is 1. The summed E-state index contributed by atoms with van der Waals surface area (Å²) < 4.78 is 8.39. The normalized spacial score (nSPS) is 21.1. The van der Waals surface area contributed by atoms with Crippen LogP contribution in [0.25, 0.3) is 11.3 Å². The molecule has 0 atom stereocenters. The Balaban J connectivity index is 1.04. The quantitative estimate of drug-likeness (QED) is 0.761. The van der Waals surface area contributed by atoms with Crippen LogP contribution in [-0.4, -0.2) is 78.3 Å². The van der Waals surface area contributed by atoms with Crippen LogP contribution in [0.4, 0.5) is 0 Å². The number of imidazole rings is 1. The Morgan fingerprint density at radius 2 is 1.77 bits per heavy atom. The number of piperidine rings is 1. The lowest BCUT2D eigenvalue weighted by Gasteiger charge is -2.36. The molecular formula is C24H35N5O. The Kier molecular flexibility index (Phi) is 6.34. The minimum Gasteiger partial charge on any atom is -0.492 e. The summed E-state index contributed by atoms with van der Waals surface area (Å²) in [7, 11) is 0. The van der Waals surface area contributed by atoms with Gasteiger partial charge in [-0.1, -0.05) is 0 Å². The molecule has 3 aliphatic heterocycles. The maximum atomic E-state index is 6.04. The van der Waals surface area contributed by atoms with Gasteiger partial charge < -0.3 is 19.5 Å². The summed E-state index contributed by atoms with van der Waals surface area (Å²) >= 11 is 0. The van der Waals surface area contributed by atoms with E-state index in [0.717, 1.165) is 50.9 Å². The van der Waals surface area contributed by atoms with E-state index in [2.05, 4.69) is 48.9 Å². The number of nitrogens with one attached hydrogen (secondary N) is 1. The van der Waals surface area contributed by atoms with Crippen LogP contribution in [0, 0.1) is 5.92 Å². The fraction of sp³-hybridized carbons (Fsp3) is 0.625. The van der Waals surface area contributed by atoms with E-state index in [9.17, 15) is 0 Å². The van der Waals surface area contributed by atoms with E-state index < -0.39 is 0 Å². The van der Waals surface area contributed by atoms with E-state index in [1.54, 1.807) is 0 Å². The number of hydrogen-bond acceptors (Lipinski definition) is 5. The second-order valence-corrected chi connectivity index (χ2v) is 9.02. The molecule has 0 amide bonds. The molecular weight excluding hydrogens is 374 g/mol. The Morgan fingerprint density at radius 3 is 2.57 bits per heavy atom. The van der Waals surface area contributed by atoms with Gasteiger partial charge in [-0.3, -0.25) is 4.90 Å². The Morgan fingerprint density at radius 1 is 0.967 bits per heavy atom. The van der Waals surface area contributed by atoms with E-state index >= 15 is 0 Å². The summed E-state index contributed by atoms with van der Waals surface area (Å²) in [6.45, 7) is 11.4. The van der Waals surface area contributed by atoms with E-state index in [-0.39, 0.29) is 0 Å². The van der Waals surface area contributed by atoms with Crippen LogP contribution in [0.2, 0.25) is 0 Å². The van der Waals surface area contributed by atoms with Gasteiger partial charge in [0.1, 0.15) is 18.2 Å². The predicted molar refractivity (Wildman–Crippen MR) is 120 cm³/mol. The van der Waals surface area contributed by atoms with Gasteiger partial charge >= 0.3 is 0 Å². The van der Waals surface area contributed by atoms with Crippen LogP contribution in [0.3, 0.4) is 0 Å². The van der Waals surface area contributed by atoms with Crippen LogP contribution < -0.4 is 10.1 Å². The molecule has 0 unspecified atom stereocenters. The molecule has 30 heavy (non-hydrogen) atoms. The van der Waals surface area contributed by atoms with Crippen molar-refractivity contribution in [3.8, 4) is 17.0 Å². The second kappa shape index (κ2) is 9.50. The SMILES string of the molecule is c1cc(-c2cnc3n2CCC3)ccc1OCCN1CCC(CN2CCNCC2)CC1. The number of aromatic nitrogens is 2. The van der Waals surface area contributed by atoms with Crippen molar-refractivity contribution >= 4 is 0 Å². The molecule has 0 radical (unpaired) electrons. The van der Waals surface area contributed by atoms with Gasteiger partial charge in [-0.15, -0.1) is 0 Å².